The first kappa shape index (κ1) is 33.7. The van der Waals surface area contributed by atoms with Gasteiger partial charge in [-0.2, -0.15) is 0 Å². The van der Waals surface area contributed by atoms with E-state index in [0.717, 1.165) is 11.3 Å². The molecule has 12 nitrogen and oxygen atoms in total. The van der Waals surface area contributed by atoms with Crippen LogP contribution in [0.4, 0.5) is 5.69 Å². The Labute approximate surface area is 287 Å². The second kappa shape index (κ2) is 11.3. The number of esters is 1. The second-order valence-electron chi connectivity index (χ2n) is 16.0. The van der Waals surface area contributed by atoms with Gasteiger partial charge in [0.05, 0.1) is 48.3 Å². The molecule has 1 spiro atoms. The molecular weight excluding hydrogens is 632 g/mol. The van der Waals surface area contributed by atoms with E-state index in [4.69, 9.17) is 23.7 Å². The van der Waals surface area contributed by atoms with E-state index in [0.29, 0.717) is 25.9 Å². The fourth-order valence-corrected chi connectivity index (χ4v) is 13.2. The number of carbonyl (C=O) groups is 3. The molecule has 2 saturated heterocycles. The number of carbonyl (C=O) groups excluding carboxylic acids is 3. The van der Waals surface area contributed by atoms with Gasteiger partial charge in [0, 0.05) is 82.3 Å². The van der Waals surface area contributed by atoms with Crippen molar-refractivity contribution < 1.29 is 48.3 Å². The third-order valence-electron chi connectivity index (χ3n) is 14.5. The number of benzene rings is 1. The molecule has 2 aliphatic heterocycles. The lowest BCUT2D eigenvalue weighted by molar-refractivity contribution is -0.320. The summed E-state index contributed by atoms with van der Waals surface area (Å²) < 4.78 is 31.4. The van der Waals surface area contributed by atoms with Crippen molar-refractivity contribution in [1.82, 2.24) is 4.90 Å². The maximum absolute atomic E-state index is 14.1. The number of fused-ring (bicyclic) bond motifs is 2. The number of likely N-dealkylation sites (N-methyl/N-ethyl adjacent to an activating group) is 1. The molecule has 7 fully saturated rings. The minimum absolute atomic E-state index is 0.0358. The smallest absolute Gasteiger partial charge is 0.340 e. The van der Waals surface area contributed by atoms with Gasteiger partial charge in [-0.3, -0.25) is 14.5 Å². The lowest BCUT2D eigenvalue weighted by Gasteiger charge is -2.70. The Balaban J connectivity index is 1.23. The van der Waals surface area contributed by atoms with Crippen molar-refractivity contribution in [2.75, 3.05) is 53.0 Å². The molecule has 0 unspecified atom stereocenters. The van der Waals surface area contributed by atoms with Crippen LogP contribution >= 0.6 is 0 Å². The maximum Gasteiger partial charge on any atom is 0.340 e. The highest BCUT2D eigenvalue weighted by molar-refractivity contribution is 6.22. The number of para-hydroxylation sites is 1. The first-order valence-corrected chi connectivity index (χ1v) is 17.9. The molecule has 5 aliphatic carbocycles. The molecule has 2 amide bonds. The van der Waals surface area contributed by atoms with Gasteiger partial charge in [0.15, 0.2) is 0 Å². The molecule has 14 atom stereocenters. The standard InChI is InChI=1S/C37H50N2O10/c1-7-38-17-34(18-49-32(42)20-10-8-9-11-23(20)39-26(40)14-19(2)31(39)41)13-12-25(46-4)36-22-15-21-24(45-3)16-35(43,27(22)28(21)47-5)37(44,33(36)38)30(48-6)29(34)36/h8-11,19,21-22,24-25,27-30,33,43-44H,7,12-18H2,1-6H3/t19-,21-,22+,24+,25+,27-,28+,29+,30+,33+,34-,35-,36+,37+/m1/s1. The number of likely N-dealkylation sites (tertiary alicyclic amines) is 1. The Morgan fingerprint density at radius 1 is 1.04 bits per heavy atom. The number of ether oxygens (including phenoxy) is 5. The predicted octanol–water partition coefficient (Wildman–Crippen LogP) is 2.04. The molecule has 8 rings (SSSR count). The number of piperidine rings is 1. The summed E-state index contributed by atoms with van der Waals surface area (Å²) in [4.78, 5) is 43.3. The van der Waals surface area contributed by atoms with E-state index < -0.39 is 46.1 Å². The molecular formula is C37H50N2O10. The van der Waals surface area contributed by atoms with Crippen LogP contribution in [-0.4, -0.2) is 123 Å². The van der Waals surface area contributed by atoms with Crippen LogP contribution in [0.5, 0.6) is 0 Å². The highest BCUT2D eigenvalue weighted by Gasteiger charge is 2.91. The van der Waals surface area contributed by atoms with E-state index in [2.05, 4.69) is 11.8 Å². The summed E-state index contributed by atoms with van der Waals surface area (Å²) in [5.74, 6) is -2.47. The zero-order valence-electron chi connectivity index (χ0n) is 29.3. The topological polar surface area (TPSA) is 144 Å². The highest BCUT2D eigenvalue weighted by atomic mass is 16.5. The van der Waals surface area contributed by atoms with Gasteiger partial charge < -0.3 is 33.9 Å². The minimum Gasteiger partial charge on any atom is -0.461 e. The van der Waals surface area contributed by atoms with Gasteiger partial charge in [-0.25, -0.2) is 9.69 Å². The molecule has 2 heterocycles. The fourth-order valence-electron chi connectivity index (χ4n) is 13.2. The Bertz CT molecular complexity index is 1560. The van der Waals surface area contributed by atoms with Crippen LogP contribution in [0.1, 0.15) is 56.3 Å². The summed E-state index contributed by atoms with van der Waals surface area (Å²) in [5.41, 5.74) is -4.17. The lowest BCUT2D eigenvalue weighted by Crippen LogP contribution is -2.82. The van der Waals surface area contributed by atoms with E-state index in [1.54, 1.807) is 59.6 Å². The number of nitrogens with zero attached hydrogens (tertiary/aromatic N) is 2. The van der Waals surface area contributed by atoms with Crippen LogP contribution < -0.4 is 4.90 Å². The Morgan fingerprint density at radius 2 is 1.80 bits per heavy atom. The van der Waals surface area contributed by atoms with Gasteiger partial charge >= 0.3 is 5.97 Å². The van der Waals surface area contributed by atoms with Crippen LogP contribution in [-0.2, 0) is 33.3 Å². The molecule has 1 aromatic carbocycles. The summed E-state index contributed by atoms with van der Waals surface area (Å²) in [6.07, 6.45) is 0.813. The molecule has 0 aromatic heterocycles. The van der Waals surface area contributed by atoms with Crippen LogP contribution in [0, 0.1) is 40.4 Å². The number of hydrogen-bond donors (Lipinski definition) is 2. The third kappa shape index (κ3) is 3.86. The van der Waals surface area contributed by atoms with Crippen molar-refractivity contribution in [2.24, 2.45) is 40.4 Å². The van der Waals surface area contributed by atoms with E-state index in [9.17, 15) is 24.6 Å². The molecule has 2 N–H and O–H groups in total. The van der Waals surface area contributed by atoms with E-state index in [1.807, 2.05) is 0 Å². The minimum atomic E-state index is -1.70. The molecule has 49 heavy (non-hydrogen) atoms. The second-order valence-corrected chi connectivity index (χ2v) is 16.0. The SMILES string of the molecule is CCN1C[C@@]2(COC(=O)c3ccccc3N3C(=O)C[C@@H](C)C3=O)CC[C@H](OC)[C@@]34[C@H]5C[C@H]6[C@H](OC)[C@@H]5[C@](O)(C[C@@H]6OC)[C@](O)([C@@H](OC)[C@@H]23)[C@@H]14. The Hall–Kier alpha value is -2.45. The summed E-state index contributed by atoms with van der Waals surface area (Å²) in [6.45, 7) is 4.95. The monoisotopic (exact) mass is 682 g/mol. The average Bonchev–Trinajstić information content (AvgIpc) is 3.63. The van der Waals surface area contributed by atoms with E-state index >= 15 is 0 Å². The van der Waals surface area contributed by atoms with Crippen LogP contribution in [0.2, 0.25) is 0 Å². The largest absolute Gasteiger partial charge is 0.461 e. The summed E-state index contributed by atoms with van der Waals surface area (Å²) >= 11 is 0. The van der Waals surface area contributed by atoms with Crippen molar-refractivity contribution in [3.8, 4) is 0 Å². The van der Waals surface area contributed by atoms with Gasteiger partial charge in [0.25, 0.3) is 0 Å². The number of aliphatic hydroxyl groups is 2. The molecule has 268 valence electrons. The van der Waals surface area contributed by atoms with Crippen molar-refractivity contribution >= 4 is 23.5 Å². The molecule has 0 radical (unpaired) electrons. The molecule has 7 bridgehead atoms. The van der Waals surface area contributed by atoms with Crippen LogP contribution in [0.25, 0.3) is 0 Å². The van der Waals surface area contributed by atoms with Gasteiger partial charge in [-0.1, -0.05) is 26.0 Å². The van der Waals surface area contributed by atoms with Crippen molar-refractivity contribution in [3.63, 3.8) is 0 Å². The number of imide groups is 1. The number of hydrogen-bond acceptors (Lipinski definition) is 11. The first-order chi connectivity index (χ1) is 23.4. The quantitative estimate of drug-likeness (QED) is 0.292. The van der Waals surface area contributed by atoms with Crippen molar-refractivity contribution in [2.45, 2.75) is 87.6 Å². The van der Waals surface area contributed by atoms with Crippen molar-refractivity contribution in [1.29, 1.82) is 0 Å². The van der Waals surface area contributed by atoms with Crippen molar-refractivity contribution in [3.05, 3.63) is 29.8 Å². The molecule has 5 saturated carbocycles. The van der Waals surface area contributed by atoms with Gasteiger partial charge in [0.1, 0.15) is 11.2 Å². The summed E-state index contributed by atoms with van der Waals surface area (Å²) in [5, 5.41) is 26.6. The van der Waals surface area contributed by atoms with Gasteiger partial charge in [-0.05, 0) is 43.9 Å². The third-order valence-corrected chi connectivity index (χ3v) is 14.5. The zero-order valence-corrected chi connectivity index (χ0v) is 29.3. The average molecular weight is 683 g/mol. The van der Waals surface area contributed by atoms with E-state index in [1.165, 1.54) is 0 Å². The molecule has 12 heteroatoms. The van der Waals surface area contributed by atoms with Gasteiger partial charge in [0.2, 0.25) is 11.8 Å². The molecule has 1 aromatic rings. The molecule has 7 aliphatic rings. The predicted molar refractivity (Wildman–Crippen MR) is 174 cm³/mol. The number of methoxy groups -OCH3 is 4. The number of anilines is 1. The number of rotatable bonds is 9. The summed E-state index contributed by atoms with van der Waals surface area (Å²) in [6, 6.07) is 6.12. The van der Waals surface area contributed by atoms with Gasteiger partial charge in [-0.15, -0.1) is 0 Å². The highest BCUT2D eigenvalue weighted by Crippen LogP contribution is 2.80. The Morgan fingerprint density at radius 3 is 2.43 bits per heavy atom. The van der Waals surface area contributed by atoms with Crippen LogP contribution in [0.3, 0.4) is 0 Å². The first-order valence-electron chi connectivity index (χ1n) is 17.9. The normalized spacial score (nSPS) is 48.0. The lowest BCUT2D eigenvalue weighted by atomic mass is 9.42. The van der Waals surface area contributed by atoms with E-state index in [-0.39, 0.29) is 84.5 Å². The summed E-state index contributed by atoms with van der Waals surface area (Å²) in [7, 11) is 6.70. The zero-order chi connectivity index (χ0) is 34.8. The maximum atomic E-state index is 14.1. The van der Waals surface area contributed by atoms with Crippen LogP contribution in [0.15, 0.2) is 24.3 Å². The Kier molecular flexibility index (Phi) is 7.75. The fraction of sp³-hybridized carbons (Fsp3) is 0.757. The number of amides is 2.